The summed E-state index contributed by atoms with van der Waals surface area (Å²) in [5, 5.41) is 2.98. The Balaban J connectivity index is 2.78. The molecule has 0 aromatic carbocycles. The fourth-order valence-corrected chi connectivity index (χ4v) is 1.63. The molecule has 0 aliphatic heterocycles. The minimum Gasteiger partial charge on any atom is -0.387 e. The molecule has 1 aromatic heterocycles. The number of hydrogen-bond acceptors (Lipinski definition) is 3. The maximum atomic E-state index is 12.2. The number of nitrogens with one attached hydrogen (secondary N) is 1. The molecule has 0 bridgehead atoms. The monoisotopic (exact) mass is 235 g/mol. The van der Waals surface area contributed by atoms with Gasteiger partial charge in [0, 0.05) is 20.1 Å². The van der Waals surface area contributed by atoms with Gasteiger partial charge in [0.25, 0.3) is 5.91 Å². The van der Waals surface area contributed by atoms with E-state index in [1.165, 1.54) is 0 Å². The standard InChI is InChI=1S/C13H21N3O/c1-5-16(9-10(2)3)13(17)12-7-6-11(14-4)8-15-12/h6-8,10,14H,5,9H2,1-4H3. The predicted octanol–water partition coefficient (Wildman–Crippen LogP) is 2.24. The SMILES string of the molecule is CCN(CC(C)C)C(=O)c1ccc(NC)cn1. The minimum atomic E-state index is 0.00357. The Morgan fingerprint density at radius 2 is 2.18 bits per heavy atom. The summed E-state index contributed by atoms with van der Waals surface area (Å²) in [5.74, 6) is 0.472. The third-order valence-electron chi connectivity index (χ3n) is 2.53. The van der Waals surface area contributed by atoms with Gasteiger partial charge in [-0.1, -0.05) is 13.8 Å². The molecule has 0 fully saturated rings. The van der Waals surface area contributed by atoms with E-state index in [-0.39, 0.29) is 5.91 Å². The molecule has 0 radical (unpaired) electrons. The van der Waals surface area contributed by atoms with Crippen molar-refractivity contribution in [3.63, 3.8) is 0 Å². The Labute approximate surface area is 103 Å². The third-order valence-corrected chi connectivity index (χ3v) is 2.53. The molecule has 0 aliphatic rings. The zero-order valence-corrected chi connectivity index (χ0v) is 11.0. The summed E-state index contributed by atoms with van der Waals surface area (Å²) in [5.41, 5.74) is 1.42. The van der Waals surface area contributed by atoms with Gasteiger partial charge in [0.15, 0.2) is 0 Å². The highest BCUT2D eigenvalue weighted by Gasteiger charge is 2.16. The van der Waals surface area contributed by atoms with Gasteiger partial charge in [0.1, 0.15) is 5.69 Å². The highest BCUT2D eigenvalue weighted by Crippen LogP contribution is 2.09. The second kappa shape index (κ2) is 6.23. The van der Waals surface area contributed by atoms with Gasteiger partial charge in [-0.2, -0.15) is 0 Å². The van der Waals surface area contributed by atoms with Crippen LogP contribution in [0.2, 0.25) is 0 Å². The van der Waals surface area contributed by atoms with Crippen molar-refractivity contribution in [2.45, 2.75) is 20.8 Å². The number of carbonyl (C=O) groups is 1. The van der Waals surface area contributed by atoms with E-state index in [1.54, 1.807) is 12.3 Å². The number of aromatic nitrogens is 1. The van der Waals surface area contributed by atoms with E-state index >= 15 is 0 Å². The quantitative estimate of drug-likeness (QED) is 0.851. The van der Waals surface area contributed by atoms with Crippen molar-refractivity contribution in [1.29, 1.82) is 0 Å². The van der Waals surface area contributed by atoms with Crippen LogP contribution >= 0.6 is 0 Å². The first-order valence-electron chi connectivity index (χ1n) is 6.01. The van der Waals surface area contributed by atoms with Crippen molar-refractivity contribution in [2.75, 3.05) is 25.5 Å². The van der Waals surface area contributed by atoms with Crippen LogP contribution in [0, 0.1) is 5.92 Å². The largest absolute Gasteiger partial charge is 0.387 e. The number of anilines is 1. The fraction of sp³-hybridized carbons (Fsp3) is 0.538. The molecule has 4 nitrogen and oxygen atoms in total. The Morgan fingerprint density at radius 3 is 2.59 bits per heavy atom. The van der Waals surface area contributed by atoms with E-state index in [0.29, 0.717) is 18.2 Å². The van der Waals surface area contributed by atoms with Crippen LogP contribution in [0.15, 0.2) is 18.3 Å². The van der Waals surface area contributed by atoms with E-state index < -0.39 is 0 Å². The first-order valence-corrected chi connectivity index (χ1v) is 6.01. The highest BCUT2D eigenvalue weighted by atomic mass is 16.2. The lowest BCUT2D eigenvalue weighted by atomic mass is 10.2. The van der Waals surface area contributed by atoms with Crippen LogP contribution in [0.1, 0.15) is 31.3 Å². The molecule has 0 spiro atoms. The number of carbonyl (C=O) groups excluding carboxylic acids is 1. The molecule has 0 aliphatic carbocycles. The van der Waals surface area contributed by atoms with Crippen molar-refractivity contribution < 1.29 is 4.79 Å². The van der Waals surface area contributed by atoms with Crippen LogP contribution in [0.3, 0.4) is 0 Å². The molecule has 1 amide bonds. The third kappa shape index (κ3) is 3.73. The Kier molecular flexibility index (Phi) is 4.94. The van der Waals surface area contributed by atoms with Crippen LogP contribution in [0.25, 0.3) is 0 Å². The molecule has 94 valence electrons. The van der Waals surface area contributed by atoms with E-state index in [1.807, 2.05) is 24.9 Å². The molecule has 1 aromatic rings. The van der Waals surface area contributed by atoms with Crippen molar-refractivity contribution in [2.24, 2.45) is 5.92 Å². The van der Waals surface area contributed by atoms with Gasteiger partial charge in [0.2, 0.25) is 0 Å². The molecule has 17 heavy (non-hydrogen) atoms. The van der Waals surface area contributed by atoms with Crippen molar-refractivity contribution in [3.05, 3.63) is 24.0 Å². The van der Waals surface area contributed by atoms with Crippen LogP contribution in [-0.4, -0.2) is 35.9 Å². The van der Waals surface area contributed by atoms with Gasteiger partial charge in [0.05, 0.1) is 11.9 Å². The van der Waals surface area contributed by atoms with E-state index in [2.05, 4.69) is 24.1 Å². The van der Waals surface area contributed by atoms with Gasteiger partial charge in [-0.3, -0.25) is 4.79 Å². The van der Waals surface area contributed by atoms with E-state index in [4.69, 9.17) is 0 Å². The van der Waals surface area contributed by atoms with Crippen LogP contribution in [-0.2, 0) is 0 Å². The molecule has 0 unspecified atom stereocenters. The molecule has 0 saturated heterocycles. The lowest BCUT2D eigenvalue weighted by Gasteiger charge is -2.22. The Bertz CT molecular complexity index is 359. The van der Waals surface area contributed by atoms with Gasteiger partial charge in [-0.25, -0.2) is 4.98 Å². The number of pyridine rings is 1. The number of nitrogens with zero attached hydrogens (tertiary/aromatic N) is 2. The second-order valence-electron chi connectivity index (χ2n) is 4.42. The summed E-state index contributed by atoms with van der Waals surface area (Å²) in [6.07, 6.45) is 1.68. The van der Waals surface area contributed by atoms with Crippen molar-refractivity contribution >= 4 is 11.6 Å². The lowest BCUT2D eigenvalue weighted by Crippen LogP contribution is -2.34. The molecular formula is C13H21N3O. The summed E-state index contributed by atoms with van der Waals surface area (Å²) < 4.78 is 0. The maximum absolute atomic E-state index is 12.2. The molecule has 0 atom stereocenters. The molecule has 0 saturated carbocycles. The molecule has 1 rings (SSSR count). The van der Waals surface area contributed by atoms with Crippen molar-refractivity contribution in [1.82, 2.24) is 9.88 Å². The smallest absolute Gasteiger partial charge is 0.272 e. The second-order valence-corrected chi connectivity index (χ2v) is 4.42. The Hall–Kier alpha value is -1.58. The maximum Gasteiger partial charge on any atom is 0.272 e. The van der Waals surface area contributed by atoms with Gasteiger partial charge >= 0.3 is 0 Å². The summed E-state index contributed by atoms with van der Waals surface area (Å²) >= 11 is 0. The summed E-state index contributed by atoms with van der Waals surface area (Å²) in [4.78, 5) is 18.2. The average molecular weight is 235 g/mol. The molecule has 4 heteroatoms. The zero-order chi connectivity index (χ0) is 12.8. The highest BCUT2D eigenvalue weighted by molar-refractivity contribution is 5.92. The van der Waals surface area contributed by atoms with Crippen LogP contribution in [0.5, 0.6) is 0 Å². The normalized spacial score (nSPS) is 10.4. The van der Waals surface area contributed by atoms with Gasteiger partial charge in [-0.15, -0.1) is 0 Å². The van der Waals surface area contributed by atoms with Crippen LogP contribution in [0.4, 0.5) is 5.69 Å². The van der Waals surface area contributed by atoms with E-state index in [9.17, 15) is 4.79 Å². The fourth-order valence-electron chi connectivity index (χ4n) is 1.63. The van der Waals surface area contributed by atoms with Gasteiger partial charge in [-0.05, 0) is 25.0 Å². The predicted molar refractivity (Wildman–Crippen MR) is 70.2 cm³/mol. The first kappa shape index (κ1) is 13.5. The van der Waals surface area contributed by atoms with E-state index in [0.717, 1.165) is 12.2 Å². The Morgan fingerprint density at radius 1 is 1.47 bits per heavy atom. The summed E-state index contributed by atoms with van der Waals surface area (Å²) in [7, 11) is 1.83. The van der Waals surface area contributed by atoms with Gasteiger partial charge < -0.3 is 10.2 Å². The lowest BCUT2D eigenvalue weighted by molar-refractivity contribution is 0.0740. The zero-order valence-electron chi connectivity index (χ0n) is 11.0. The summed E-state index contributed by atoms with van der Waals surface area (Å²) in [6, 6.07) is 3.63. The molecular weight excluding hydrogens is 214 g/mol. The molecule has 1 N–H and O–H groups in total. The number of hydrogen-bond donors (Lipinski definition) is 1. The first-order chi connectivity index (χ1) is 8.08. The van der Waals surface area contributed by atoms with Crippen molar-refractivity contribution in [3.8, 4) is 0 Å². The average Bonchev–Trinajstić information content (AvgIpc) is 2.35. The molecule has 1 heterocycles. The summed E-state index contributed by atoms with van der Waals surface area (Å²) in [6.45, 7) is 7.68. The van der Waals surface area contributed by atoms with Crippen LogP contribution < -0.4 is 5.32 Å². The number of rotatable bonds is 5. The topological polar surface area (TPSA) is 45.2 Å². The number of amides is 1. The minimum absolute atomic E-state index is 0.00357.